The van der Waals surface area contributed by atoms with Crippen LogP contribution in [0.4, 0.5) is 0 Å². The van der Waals surface area contributed by atoms with Crippen molar-refractivity contribution < 1.29 is 60.5 Å². The first kappa shape index (κ1) is 90.0. The van der Waals surface area contributed by atoms with Crippen LogP contribution < -0.4 is 9.47 Å². The van der Waals surface area contributed by atoms with Gasteiger partial charge in [0, 0.05) is 44.5 Å². The fourth-order valence-corrected chi connectivity index (χ4v) is 12.6. The molecule has 0 atom stereocenters. The summed E-state index contributed by atoms with van der Waals surface area (Å²) >= 11 is 0. The predicted molar refractivity (Wildman–Crippen MR) is 403 cm³/mol. The van der Waals surface area contributed by atoms with E-state index < -0.39 is 0 Å². The van der Waals surface area contributed by atoms with Gasteiger partial charge in [-0.2, -0.15) is 0 Å². The average Bonchev–Trinajstić information content (AvgIpc) is 0.770. The summed E-state index contributed by atoms with van der Waals surface area (Å²) in [6.45, 7) is 74.7. The maximum Gasteiger partial charge on any atom is 0.125 e. The van der Waals surface area contributed by atoms with Crippen molar-refractivity contribution in [1.29, 1.82) is 0 Å². The second-order valence-electron chi connectivity index (χ2n) is 32.7. The van der Waals surface area contributed by atoms with E-state index in [0.29, 0.717) is 40.1 Å². The van der Waals surface area contributed by atoms with Gasteiger partial charge in [-0.05, 0) is 198 Å². The lowest BCUT2D eigenvalue weighted by Crippen LogP contribution is -2.20. The molecule has 95 heavy (non-hydrogen) atoms. The zero-order valence-electron chi connectivity index (χ0n) is 66.8. The third-order valence-corrected chi connectivity index (χ3v) is 16.1. The molecule has 0 bridgehead atoms. The topological polar surface area (TPSA) is 221 Å². The number of rotatable bonds is 2. The molecule has 6 aromatic carbocycles. The van der Waals surface area contributed by atoms with Crippen molar-refractivity contribution in [1.82, 2.24) is 0 Å². The lowest BCUT2D eigenvalue weighted by molar-refractivity contribution is 0.387. The molecule has 12 heteroatoms. The molecule has 12 nitrogen and oxygen atoms in total. The summed E-state index contributed by atoms with van der Waals surface area (Å²) in [5.41, 5.74) is 13.5. The highest BCUT2D eigenvalue weighted by atomic mass is 16.5. The second kappa shape index (κ2) is 34.2. The van der Waals surface area contributed by atoms with E-state index >= 15 is 0 Å². The first-order valence-corrected chi connectivity index (χ1v) is 33.5. The van der Waals surface area contributed by atoms with E-state index in [-0.39, 0.29) is 66.3 Å². The zero-order chi connectivity index (χ0) is 76.1. The Hall–Kier alpha value is -7.08. The summed E-state index contributed by atoms with van der Waals surface area (Å²) in [6, 6.07) is 11.0. The van der Waals surface area contributed by atoms with Gasteiger partial charge in [-0.15, -0.1) is 0 Å². The smallest absolute Gasteiger partial charge is 0.125 e. The SMILES string of the molecule is CC.CC.COc1c(C)c(C(C)(C)C)c(O)c(C(C)(C)C)c1C.COc1cc(C(C)(C)C)c(O)cc1C.Cc1c(O)c(C(C)(C)C)c(C)c(O)c1C(C)(C)C.Cc1c(O)c(C)c(C(C)(C)C)c(O)c1C(C)(C)C.Cc1cc(O)c(C(C)(C)C)c(C)c1O.Oc1ccc(O)cc1. The van der Waals surface area contributed by atoms with Gasteiger partial charge in [-0.25, -0.2) is 0 Å². The fraction of sp³-hybridized carbons (Fsp3) is 0.566. The number of hydrogen-bond acceptors (Lipinski definition) is 12. The number of aryl methyl sites for hydroxylation is 2. The molecular formula is C83H134O12. The Bertz CT molecular complexity index is 3290. The first-order valence-electron chi connectivity index (χ1n) is 33.5. The van der Waals surface area contributed by atoms with Crippen molar-refractivity contribution >= 4 is 0 Å². The van der Waals surface area contributed by atoms with Gasteiger partial charge < -0.3 is 60.5 Å². The number of ether oxygens (including phenoxy) is 2. The van der Waals surface area contributed by atoms with E-state index in [4.69, 9.17) is 19.7 Å². The quantitative estimate of drug-likeness (QED) is 0.0732. The molecule has 6 rings (SSSR count). The Morgan fingerprint density at radius 1 is 0.253 bits per heavy atom. The van der Waals surface area contributed by atoms with Crippen LogP contribution in [0.15, 0.2) is 42.5 Å². The van der Waals surface area contributed by atoms with Gasteiger partial charge in [0.25, 0.3) is 0 Å². The molecule has 10 N–H and O–H groups in total. The molecule has 0 spiro atoms. The van der Waals surface area contributed by atoms with Crippen LogP contribution in [0, 0.1) is 62.3 Å². The minimum Gasteiger partial charge on any atom is -0.508 e. The maximum absolute atomic E-state index is 10.8. The third kappa shape index (κ3) is 23.6. The summed E-state index contributed by atoms with van der Waals surface area (Å²) in [5.74, 6) is 4.67. The van der Waals surface area contributed by atoms with E-state index in [1.165, 1.54) is 24.3 Å². The lowest BCUT2D eigenvalue weighted by Gasteiger charge is -2.32. The average molecular weight is 1320 g/mol. The molecular weight excluding hydrogens is 1190 g/mol. The fourth-order valence-electron chi connectivity index (χ4n) is 12.6. The third-order valence-electron chi connectivity index (χ3n) is 16.1. The Labute approximate surface area is 577 Å². The molecule has 0 aliphatic rings. The summed E-state index contributed by atoms with van der Waals surface area (Å²) in [5, 5.41) is 99.3. The number of aromatic hydroxyl groups is 10. The Kier molecular flexibility index (Phi) is 32.4. The van der Waals surface area contributed by atoms with Gasteiger partial charge in [0.2, 0.25) is 0 Å². The summed E-state index contributed by atoms with van der Waals surface area (Å²) in [6.07, 6.45) is 0. The van der Waals surface area contributed by atoms with Crippen molar-refractivity contribution in [3.05, 3.63) is 137 Å². The van der Waals surface area contributed by atoms with Crippen molar-refractivity contribution in [3.8, 4) is 69.0 Å². The van der Waals surface area contributed by atoms with E-state index in [0.717, 1.165) is 101 Å². The van der Waals surface area contributed by atoms with Crippen LogP contribution in [0.2, 0.25) is 0 Å². The summed E-state index contributed by atoms with van der Waals surface area (Å²) < 4.78 is 10.8. The van der Waals surface area contributed by atoms with Crippen LogP contribution in [0.5, 0.6) is 69.0 Å². The van der Waals surface area contributed by atoms with E-state index in [9.17, 15) is 40.9 Å². The molecule has 0 radical (unpaired) electrons. The van der Waals surface area contributed by atoms with E-state index in [1.807, 2.05) is 151 Å². The molecule has 0 saturated carbocycles. The molecule has 6 aromatic rings. The van der Waals surface area contributed by atoms with Gasteiger partial charge in [-0.1, -0.05) is 194 Å². The Morgan fingerprint density at radius 3 is 0.747 bits per heavy atom. The minimum atomic E-state index is -0.195. The second-order valence-corrected chi connectivity index (χ2v) is 32.7. The number of hydrogen-bond donors (Lipinski definition) is 10. The first-order chi connectivity index (χ1) is 42.6. The van der Waals surface area contributed by atoms with Gasteiger partial charge >= 0.3 is 0 Å². The Balaban J connectivity index is 0. The molecule has 0 heterocycles. The highest BCUT2D eigenvalue weighted by molar-refractivity contribution is 5.64. The van der Waals surface area contributed by atoms with Crippen molar-refractivity contribution in [3.63, 3.8) is 0 Å². The van der Waals surface area contributed by atoms with Crippen molar-refractivity contribution in [2.45, 2.75) is 299 Å². The number of benzene rings is 6. The molecule has 0 aliphatic heterocycles. The zero-order valence-corrected chi connectivity index (χ0v) is 66.8. The highest BCUT2D eigenvalue weighted by Gasteiger charge is 2.35. The van der Waals surface area contributed by atoms with Crippen molar-refractivity contribution in [2.24, 2.45) is 0 Å². The van der Waals surface area contributed by atoms with Gasteiger partial charge in [0.15, 0.2) is 0 Å². The largest absolute Gasteiger partial charge is 0.508 e. The number of phenols is 10. The molecule has 0 unspecified atom stereocenters. The summed E-state index contributed by atoms with van der Waals surface area (Å²) in [7, 11) is 3.34. The molecule has 538 valence electrons. The molecule has 0 fully saturated rings. The molecule has 0 amide bonds. The van der Waals surface area contributed by atoms with Gasteiger partial charge in [-0.3, -0.25) is 0 Å². The predicted octanol–water partition coefficient (Wildman–Crippen LogP) is 22.4. The molecule has 0 saturated heterocycles. The van der Waals surface area contributed by atoms with Crippen LogP contribution in [-0.4, -0.2) is 65.3 Å². The number of methoxy groups -OCH3 is 2. The van der Waals surface area contributed by atoms with Gasteiger partial charge in [0.1, 0.15) is 69.0 Å². The molecule has 0 aliphatic carbocycles. The number of phenolic OH excluding ortho intramolecular Hbond substituents is 10. The summed E-state index contributed by atoms with van der Waals surface area (Å²) in [4.78, 5) is 0. The van der Waals surface area contributed by atoms with Crippen LogP contribution in [0.3, 0.4) is 0 Å². The standard InChI is InChI=1S/C17H28O2.2C16H26O2.2C12H18O2.C6H6O2.2C2H6/c1-10-12(16(3,4)5)14(18)13(17(6,7)8)11(2)15(10)19-9;1-9-11(15(3,4)5)14(18)10(2)12(13(9)17)16(6,7)8;1-9-11(15(3,4)5)14(18)12(16(6,7)8)10(2)13(9)17;1-8-6-10(13)9(12(2,3)4)7-11(8)14-5;1-7-6-9(13)10(12(3,4)5)8(2)11(7)14;7-5-1-2-6(8)4-3-5;2*1-2/h18H,1-9H3;2*17-18H,1-8H3;6-7,13H,1-5H3;6,13-14H,1-5H3;1-4,7-8H;2*1-2H3. The highest BCUT2D eigenvalue weighted by Crippen LogP contribution is 2.50. The van der Waals surface area contributed by atoms with Crippen LogP contribution in [0.1, 0.15) is 288 Å². The van der Waals surface area contributed by atoms with Crippen LogP contribution in [0.25, 0.3) is 0 Å². The van der Waals surface area contributed by atoms with Crippen molar-refractivity contribution in [2.75, 3.05) is 14.2 Å². The van der Waals surface area contributed by atoms with Crippen LogP contribution >= 0.6 is 0 Å². The normalized spacial score (nSPS) is 11.7. The van der Waals surface area contributed by atoms with Gasteiger partial charge in [0.05, 0.1) is 14.2 Å². The monoisotopic (exact) mass is 1320 g/mol. The van der Waals surface area contributed by atoms with E-state index in [1.54, 1.807) is 33.3 Å². The maximum atomic E-state index is 10.8. The molecule has 0 aromatic heterocycles. The lowest BCUT2D eigenvalue weighted by atomic mass is 9.75. The Morgan fingerprint density at radius 2 is 0.495 bits per heavy atom. The minimum absolute atomic E-state index is 0.0644. The van der Waals surface area contributed by atoms with Crippen LogP contribution in [-0.2, 0) is 43.3 Å². The van der Waals surface area contributed by atoms with E-state index in [2.05, 4.69) is 104 Å².